The van der Waals surface area contributed by atoms with Crippen LogP contribution in [0.15, 0.2) is 186 Å². The summed E-state index contributed by atoms with van der Waals surface area (Å²) in [6.07, 6.45) is 0. The molecular weight excluding hydrogens is 585 g/mol. The minimum atomic E-state index is 0.628. The lowest BCUT2D eigenvalue weighted by Crippen LogP contribution is -2.10. The molecule has 1 aromatic heterocycles. The van der Waals surface area contributed by atoms with Gasteiger partial charge < -0.3 is 9.32 Å². The van der Waals surface area contributed by atoms with Crippen LogP contribution in [0.2, 0.25) is 0 Å². The Morgan fingerprint density at radius 3 is 1.67 bits per heavy atom. The Labute approximate surface area is 279 Å². The van der Waals surface area contributed by atoms with Crippen molar-refractivity contribution in [3.63, 3.8) is 0 Å². The van der Waals surface area contributed by atoms with Crippen molar-refractivity contribution in [1.29, 1.82) is 0 Å². The van der Waals surface area contributed by atoms with Gasteiger partial charge in [0.2, 0.25) is 5.89 Å². The second-order valence-corrected chi connectivity index (χ2v) is 12.0. The van der Waals surface area contributed by atoms with E-state index in [2.05, 4.69) is 144 Å². The average molecular weight is 615 g/mol. The molecular formula is C45H30N2O. The second kappa shape index (κ2) is 11.7. The molecule has 0 fully saturated rings. The number of hydrogen-bond acceptors (Lipinski definition) is 3. The van der Waals surface area contributed by atoms with E-state index in [9.17, 15) is 0 Å². The van der Waals surface area contributed by atoms with Gasteiger partial charge in [0.15, 0.2) is 5.58 Å². The zero-order valence-electron chi connectivity index (χ0n) is 26.1. The lowest BCUT2D eigenvalue weighted by atomic mass is 9.98. The molecule has 9 aromatic rings. The van der Waals surface area contributed by atoms with Crippen LogP contribution in [-0.4, -0.2) is 4.98 Å². The molecule has 0 spiro atoms. The van der Waals surface area contributed by atoms with E-state index in [1.807, 2.05) is 42.5 Å². The van der Waals surface area contributed by atoms with E-state index in [-0.39, 0.29) is 0 Å². The summed E-state index contributed by atoms with van der Waals surface area (Å²) in [4.78, 5) is 7.14. The minimum Gasteiger partial charge on any atom is -0.435 e. The number of aromatic nitrogens is 1. The largest absolute Gasteiger partial charge is 0.435 e. The van der Waals surface area contributed by atoms with E-state index < -0.39 is 0 Å². The molecule has 0 aliphatic rings. The van der Waals surface area contributed by atoms with Crippen molar-refractivity contribution in [1.82, 2.24) is 4.98 Å². The molecule has 48 heavy (non-hydrogen) atoms. The lowest BCUT2D eigenvalue weighted by Gasteiger charge is -2.27. The maximum absolute atomic E-state index is 6.36. The predicted molar refractivity (Wildman–Crippen MR) is 200 cm³/mol. The van der Waals surface area contributed by atoms with Crippen molar-refractivity contribution < 1.29 is 4.42 Å². The molecule has 3 nitrogen and oxygen atoms in total. The number of fused-ring (bicyclic) bond motifs is 3. The summed E-state index contributed by atoms with van der Waals surface area (Å²) in [6.45, 7) is 0. The Bertz CT molecular complexity index is 2540. The fourth-order valence-corrected chi connectivity index (χ4v) is 6.77. The molecule has 8 aromatic carbocycles. The summed E-state index contributed by atoms with van der Waals surface area (Å²) in [7, 11) is 0. The predicted octanol–water partition coefficient (Wildman–Crippen LogP) is 12.6. The Morgan fingerprint density at radius 1 is 0.396 bits per heavy atom. The molecule has 3 heteroatoms. The van der Waals surface area contributed by atoms with E-state index in [1.54, 1.807) is 0 Å². The van der Waals surface area contributed by atoms with Gasteiger partial charge in [0.1, 0.15) is 5.52 Å². The van der Waals surface area contributed by atoms with Crippen molar-refractivity contribution in [3.8, 4) is 33.7 Å². The number of benzene rings is 8. The number of nitrogens with zero attached hydrogens (tertiary/aromatic N) is 2. The Hall–Kier alpha value is -6.45. The molecule has 1 heterocycles. The first-order valence-corrected chi connectivity index (χ1v) is 16.2. The van der Waals surface area contributed by atoms with Crippen molar-refractivity contribution >= 4 is 49.7 Å². The zero-order chi connectivity index (χ0) is 31.9. The SMILES string of the molecule is c1ccc(-c2nc3cccc(-c4ccc(N(c5ccc(-c6cccc7ccccc67)cc5)c5cccc6ccccc56)cc4)c3o2)cc1. The monoisotopic (exact) mass is 614 g/mol. The smallest absolute Gasteiger partial charge is 0.227 e. The number of rotatable bonds is 6. The van der Waals surface area contributed by atoms with Crippen LogP contribution >= 0.6 is 0 Å². The molecule has 0 aliphatic carbocycles. The van der Waals surface area contributed by atoms with Crippen LogP contribution in [0.25, 0.3) is 66.4 Å². The molecule has 0 atom stereocenters. The molecule has 0 N–H and O–H groups in total. The van der Waals surface area contributed by atoms with Gasteiger partial charge in [-0.1, -0.05) is 133 Å². The van der Waals surface area contributed by atoms with Gasteiger partial charge in [0.25, 0.3) is 0 Å². The highest BCUT2D eigenvalue weighted by molar-refractivity contribution is 6.00. The van der Waals surface area contributed by atoms with E-state index in [0.717, 1.165) is 44.9 Å². The Balaban J connectivity index is 1.14. The first-order valence-electron chi connectivity index (χ1n) is 16.2. The van der Waals surface area contributed by atoms with Gasteiger partial charge >= 0.3 is 0 Å². The normalized spacial score (nSPS) is 11.3. The fraction of sp³-hybridized carbons (Fsp3) is 0. The summed E-state index contributed by atoms with van der Waals surface area (Å²) in [5.74, 6) is 0.628. The first-order chi connectivity index (χ1) is 23.8. The Morgan fingerprint density at radius 2 is 0.938 bits per heavy atom. The van der Waals surface area contributed by atoms with Crippen LogP contribution in [0, 0.1) is 0 Å². The Kier molecular flexibility index (Phi) is 6.80. The number of hydrogen-bond donors (Lipinski definition) is 0. The van der Waals surface area contributed by atoms with Gasteiger partial charge in [-0.3, -0.25) is 0 Å². The van der Waals surface area contributed by atoms with Gasteiger partial charge in [-0.05, 0) is 81.4 Å². The maximum atomic E-state index is 6.36. The van der Waals surface area contributed by atoms with Gasteiger partial charge in [-0.25, -0.2) is 4.98 Å². The van der Waals surface area contributed by atoms with Crippen molar-refractivity contribution in [2.45, 2.75) is 0 Å². The summed E-state index contributed by atoms with van der Waals surface area (Å²) in [5, 5.41) is 4.90. The third-order valence-electron chi connectivity index (χ3n) is 9.11. The van der Waals surface area contributed by atoms with E-state index in [4.69, 9.17) is 9.40 Å². The van der Waals surface area contributed by atoms with Crippen molar-refractivity contribution in [2.24, 2.45) is 0 Å². The van der Waals surface area contributed by atoms with Gasteiger partial charge in [-0.2, -0.15) is 0 Å². The van der Waals surface area contributed by atoms with Crippen LogP contribution in [0.4, 0.5) is 17.1 Å². The fourth-order valence-electron chi connectivity index (χ4n) is 6.77. The summed E-state index contributed by atoms with van der Waals surface area (Å²) >= 11 is 0. The van der Waals surface area contributed by atoms with Crippen molar-refractivity contribution in [2.75, 3.05) is 4.90 Å². The summed E-state index contributed by atoms with van der Waals surface area (Å²) in [5.41, 5.74) is 10.4. The van der Waals surface area contributed by atoms with Crippen LogP contribution in [0.3, 0.4) is 0 Å². The molecule has 0 saturated heterocycles. The topological polar surface area (TPSA) is 29.3 Å². The van der Waals surface area contributed by atoms with E-state index >= 15 is 0 Å². The molecule has 0 amide bonds. The number of oxazole rings is 1. The van der Waals surface area contributed by atoms with E-state index in [1.165, 1.54) is 32.7 Å². The quantitative estimate of drug-likeness (QED) is 0.187. The summed E-state index contributed by atoms with van der Waals surface area (Å²) < 4.78 is 6.36. The number of para-hydroxylation sites is 1. The third kappa shape index (κ3) is 4.90. The molecule has 226 valence electrons. The van der Waals surface area contributed by atoms with Gasteiger partial charge in [-0.15, -0.1) is 0 Å². The number of anilines is 3. The highest BCUT2D eigenvalue weighted by Gasteiger charge is 2.17. The van der Waals surface area contributed by atoms with Gasteiger partial charge in [0, 0.05) is 27.9 Å². The van der Waals surface area contributed by atoms with E-state index in [0.29, 0.717) is 5.89 Å². The standard InChI is InChI=1S/C45H30N2O/c1-2-13-35(14-3-1)45-46-42-21-10-20-41(44(42)48-45)34-25-29-37(30-26-34)47(43-22-9-16-32-12-5-7-18-40(32)43)36-27-23-33(24-28-36)39-19-8-15-31-11-4-6-17-38(31)39/h1-30H. The molecule has 0 aliphatic heterocycles. The molecule has 0 saturated carbocycles. The van der Waals surface area contributed by atoms with Crippen LogP contribution in [0.1, 0.15) is 0 Å². The van der Waals surface area contributed by atoms with Crippen LogP contribution in [0.5, 0.6) is 0 Å². The molecule has 0 radical (unpaired) electrons. The van der Waals surface area contributed by atoms with Gasteiger partial charge in [0.05, 0.1) is 5.69 Å². The minimum absolute atomic E-state index is 0.628. The van der Waals surface area contributed by atoms with Crippen LogP contribution < -0.4 is 4.90 Å². The maximum Gasteiger partial charge on any atom is 0.227 e. The molecule has 0 bridgehead atoms. The average Bonchev–Trinajstić information content (AvgIpc) is 3.61. The van der Waals surface area contributed by atoms with Crippen LogP contribution in [-0.2, 0) is 0 Å². The highest BCUT2D eigenvalue weighted by Crippen LogP contribution is 2.41. The summed E-state index contributed by atoms with van der Waals surface area (Å²) in [6, 6.07) is 64.1. The highest BCUT2D eigenvalue weighted by atomic mass is 16.3. The van der Waals surface area contributed by atoms with Crippen molar-refractivity contribution in [3.05, 3.63) is 182 Å². The lowest BCUT2D eigenvalue weighted by molar-refractivity contribution is 0.621. The first kappa shape index (κ1) is 27.8. The second-order valence-electron chi connectivity index (χ2n) is 12.0. The third-order valence-corrected chi connectivity index (χ3v) is 9.11. The zero-order valence-corrected chi connectivity index (χ0v) is 26.1. The molecule has 0 unspecified atom stereocenters. The molecule has 9 rings (SSSR count).